The summed E-state index contributed by atoms with van der Waals surface area (Å²) in [5.41, 5.74) is 5.81. The molecule has 20 heavy (non-hydrogen) atoms. The zero-order valence-electron chi connectivity index (χ0n) is 12.1. The molecule has 0 N–H and O–H groups in total. The summed E-state index contributed by atoms with van der Waals surface area (Å²) in [5, 5.41) is 0. The number of benzene rings is 1. The van der Waals surface area contributed by atoms with E-state index in [0.29, 0.717) is 8.73 Å². The van der Waals surface area contributed by atoms with E-state index < -0.39 is 0 Å². The molecule has 0 spiro atoms. The van der Waals surface area contributed by atoms with Gasteiger partial charge in [-0.15, -0.1) is 9.24 Å². The lowest BCUT2D eigenvalue weighted by atomic mass is 9.80. The summed E-state index contributed by atoms with van der Waals surface area (Å²) in [6.45, 7) is 6.04. The van der Waals surface area contributed by atoms with Crippen LogP contribution in [0.4, 0.5) is 0 Å². The van der Waals surface area contributed by atoms with Crippen LogP contribution in [-0.4, -0.2) is 31.7 Å². The van der Waals surface area contributed by atoms with Crippen LogP contribution in [-0.2, 0) is 0 Å². The minimum absolute atomic E-state index is 0.627. The summed E-state index contributed by atoms with van der Waals surface area (Å²) >= 11 is 0. The highest BCUT2D eigenvalue weighted by Gasteiger charge is 2.14. The van der Waals surface area contributed by atoms with Crippen molar-refractivity contribution in [3.05, 3.63) is 42.0 Å². The van der Waals surface area contributed by atoms with Gasteiger partial charge >= 0.3 is 0 Å². The lowest BCUT2D eigenvalue weighted by molar-refractivity contribution is 1.22. The number of imidazole rings is 1. The number of aromatic nitrogens is 2. The lowest BCUT2D eigenvalue weighted by Gasteiger charge is -2.09. The van der Waals surface area contributed by atoms with Gasteiger partial charge in [0.1, 0.15) is 21.5 Å². The zero-order valence-corrected chi connectivity index (χ0v) is 14.3. The van der Waals surface area contributed by atoms with Crippen LogP contribution in [0.2, 0.25) is 0 Å². The average molecular weight is 298 g/mol. The van der Waals surface area contributed by atoms with E-state index in [2.05, 4.69) is 66.8 Å². The van der Waals surface area contributed by atoms with Crippen molar-refractivity contribution in [3.8, 4) is 11.4 Å². The maximum Gasteiger partial charge on any atom is 0.144 e. The first-order valence-corrected chi connectivity index (χ1v) is 8.62. The van der Waals surface area contributed by atoms with E-state index in [4.69, 9.17) is 4.98 Å². The third kappa shape index (κ3) is 2.82. The molecule has 0 aliphatic carbocycles. The molecule has 1 heterocycles. The minimum atomic E-state index is 0.627. The Kier molecular flexibility index (Phi) is 5.02. The highest BCUT2D eigenvalue weighted by Crippen LogP contribution is 2.30. The molecule has 2 atom stereocenters. The van der Waals surface area contributed by atoms with Gasteiger partial charge in [0, 0.05) is 5.56 Å². The van der Waals surface area contributed by atoms with Gasteiger partial charge in [-0.1, -0.05) is 41.5 Å². The van der Waals surface area contributed by atoms with Gasteiger partial charge < -0.3 is 4.34 Å². The number of hydrogen-bond acceptors (Lipinski definition) is 1. The molecule has 0 aliphatic heterocycles. The molecule has 0 saturated heterocycles. The van der Waals surface area contributed by atoms with Crippen LogP contribution < -0.4 is 10.9 Å². The highest BCUT2D eigenvalue weighted by molar-refractivity contribution is 7.35. The first kappa shape index (κ1) is 15.3. The maximum atomic E-state index is 4.75. The van der Waals surface area contributed by atoms with Crippen molar-refractivity contribution in [2.45, 2.75) is 0 Å². The van der Waals surface area contributed by atoms with E-state index in [9.17, 15) is 0 Å². The normalized spacial score (nSPS) is 11.7. The Labute approximate surface area is 126 Å². The lowest BCUT2D eigenvalue weighted by Crippen LogP contribution is -2.25. The van der Waals surface area contributed by atoms with Crippen LogP contribution >= 0.6 is 18.0 Å². The van der Waals surface area contributed by atoms with Crippen LogP contribution in [0.15, 0.2) is 30.6 Å². The van der Waals surface area contributed by atoms with Crippen molar-refractivity contribution in [2.24, 2.45) is 0 Å². The number of hydrogen-bond donors (Lipinski definition) is 0. The molecule has 6 heteroatoms. The van der Waals surface area contributed by atoms with Gasteiger partial charge in [0.05, 0.1) is 11.4 Å². The summed E-state index contributed by atoms with van der Waals surface area (Å²) in [6, 6.07) is 6.50. The van der Waals surface area contributed by atoms with E-state index in [0.717, 1.165) is 22.8 Å². The standard InChI is InChI=1S/C14H18B2N2P2/c1-3-12-13(6-7-19)18(20-2)14(17-12)9-4-5-10(15)11(16)8-9/h3-8,20H,1,15-16,19H2,2H3/b7-6-. The molecular formula is C14H18B2N2P2. The quantitative estimate of drug-likeness (QED) is 0.598. The zero-order chi connectivity index (χ0) is 14.7. The second-order valence-corrected chi connectivity index (χ2v) is 5.91. The van der Waals surface area contributed by atoms with E-state index in [1.54, 1.807) is 0 Å². The largest absolute Gasteiger partial charge is 0.305 e. The Bertz CT molecular complexity index is 678. The molecule has 0 bridgehead atoms. The predicted octanol–water partition coefficient (Wildman–Crippen LogP) is 0.627. The van der Waals surface area contributed by atoms with Crippen molar-refractivity contribution >= 4 is 56.7 Å². The van der Waals surface area contributed by atoms with Crippen LogP contribution in [0, 0.1) is 0 Å². The van der Waals surface area contributed by atoms with Crippen LogP contribution in [0.5, 0.6) is 0 Å². The molecular weight excluding hydrogens is 280 g/mol. The smallest absolute Gasteiger partial charge is 0.144 e. The molecule has 0 saturated carbocycles. The molecule has 2 aromatic rings. The van der Waals surface area contributed by atoms with Gasteiger partial charge in [-0.25, -0.2) is 4.98 Å². The molecule has 0 aliphatic rings. The van der Waals surface area contributed by atoms with Crippen molar-refractivity contribution in [1.29, 1.82) is 0 Å². The van der Waals surface area contributed by atoms with Crippen LogP contribution in [0.3, 0.4) is 0 Å². The average Bonchev–Trinajstić information content (AvgIpc) is 2.80. The maximum absolute atomic E-state index is 4.75. The van der Waals surface area contributed by atoms with Gasteiger partial charge in [-0.3, -0.25) is 0 Å². The first-order chi connectivity index (χ1) is 9.62. The Balaban J connectivity index is 2.67. The van der Waals surface area contributed by atoms with Gasteiger partial charge in [-0.2, -0.15) is 0 Å². The van der Waals surface area contributed by atoms with Crippen molar-refractivity contribution in [1.82, 2.24) is 9.32 Å². The fourth-order valence-electron chi connectivity index (χ4n) is 2.15. The van der Waals surface area contributed by atoms with Gasteiger partial charge in [0.2, 0.25) is 0 Å². The van der Waals surface area contributed by atoms with E-state index >= 15 is 0 Å². The Morgan fingerprint density at radius 2 is 2.10 bits per heavy atom. The van der Waals surface area contributed by atoms with Gasteiger partial charge in [-0.05, 0) is 27.5 Å². The highest BCUT2D eigenvalue weighted by atomic mass is 31.1. The summed E-state index contributed by atoms with van der Waals surface area (Å²) < 4.78 is 2.25. The topological polar surface area (TPSA) is 17.8 Å². The Morgan fingerprint density at radius 1 is 1.35 bits per heavy atom. The van der Waals surface area contributed by atoms with E-state index in [-0.39, 0.29) is 0 Å². The fourth-order valence-corrected chi connectivity index (χ4v) is 3.15. The minimum Gasteiger partial charge on any atom is -0.305 e. The van der Waals surface area contributed by atoms with Crippen LogP contribution in [0.25, 0.3) is 23.5 Å². The second kappa shape index (κ2) is 6.57. The van der Waals surface area contributed by atoms with Crippen molar-refractivity contribution < 1.29 is 0 Å². The summed E-state index contributed by atoms with van der Waals surface area (Å²) in [7, 11) is 7.51. The molecule has 1 aromatic carbocycles. The molecule has 100 valence electrons. The summed E-state index contributed by atoms with van der Waals surface area (Å²) in [4.78, 5) is 4.75. The second-order valence-electron chi connectivity index (χ2n) is 4.63. The number of nitrogens with zero attached hydrogens (tertiary/aromatic N) is 2. The molecule has 2 rings (SSSR count). The van der Waals surface area contributed by atoms with Crippen molar-refractivity contribution in [2.75, 3.05) is 6.66 Å². The van der Waals surface area contributed by atoms with E-state index in [1.165, 1.54) is 10.9 Å². The Hall–Kier alpha value is -1.10. The third-order valence-corrected chi connectivity index (χ3v) is 4.47. The van der Waals surface area contributed by atoms with Crippen LogP contribution in [0.1, 0.15) is 11.4 Å². The fraction of sp³-hybridized carbons (Fsp3) is 0.0714. The summed E-state index contributed by atoms with van der Waals surface area (Å²) in [6.07, 6.45) is 3.89. The SMILES string of the molecule is Bc1ccc(-c2nc(C=C)c(/C=C\P)n2PC)cc1B. The first-order valence-electron chi connectivity index (χ1n) is 6.51. The molecule has 0 amide bonds. The van der Waals surface area contributed by atoms with E-state index in [1.807, 2.05) is 11.9 Å². The summed E-state index contributed by atoms with van der Waals surface area (Å²) in [5.74, 6) is 2.98. The third-order valence-electron chi connectivity index (χ3n) is 3.38. The number of rotatable bonds is 4. The van der Waals surface area contributed by atoms with Gasteiger partial charge in [0.15, 0.2) is 0 Å². The Morgan fingerprint density at radius 3 is 2.65 bits per heavy atom. The van der Waals surface area contributed by atoms with Crippen molar-refractivity contribution in [3.63, 3.8) is 0 Å². The van der Waals surface area contributed by atoms with Gasteiger partial charge in [0.25, 0.3) is 0 Å². The molecule has 0 radical (unpaired) electrons. The molecule has 0 fully saturated rings. The molecule has 1 aromatic heterocycles. The molecule has 2 unspecified atom stereocenters. The predicted molar refractivity (Wildman–Crippen MR) is 102 cm³/mol. The molecule has 2 nitrogen and oxygen atoms in total. The monoisotopic (exact) mass is 298 g/mol.